The minimum Gasteiger partial charge on any atom is -0.436 e. The molecule has 5 heteroatoms. The van der Waals surface area contributed by atoms with Crippen molar-refractivity contribution < 1.29 is 13.5 Å². The first-order valence-electron chi connectivity index (χ1n) is 6.78. The second-order valence-electron chi connectivity index (χ2n) is 4.94. The average molecular weight is 292 g/mol. The Morgan fingerprint density at radius 1 is 1.10 bits per heavy atom. The van der Waals surface area contributed by atoms with Crippen LogP contribution in [0.1, 0.15) is 23.6 Å². The van der Waals surface area contributed by atoms with Gasteiger partial charge in [-0.3, -0.25) is 0 Å². The van der Waals surface area contributed by atoms with Gasteiger partial charge in [0.1, 0.15) is 5.75 Å². The van der Waals surface area contributed by atoms with Crippen molar-refractivity contribution in [3.8, 4) is 11.6 Å². The van der Waals surface area contributed by atoms with Gasteiger partial charge in [-0.05, 0) is 50.5 Å². The summed E-state index contributed by atoms with van der Waals surface area (Å²) in [5, 5.41) is 2.73. The molecule has 1 heterocycles. The highest BCUT2D eigenvalue weighted by Crippen LogP contribution is 2.30. The van der Waals surface area contributed by atoms with E-state index in [1.54, 1.807) is 13.0 Å². The van der Waals surface area contributed by atoms with Gasteiger partial charge in [0.15, 0.2) is 17.5 Å². The van der Waals surface area contributed by atoms with Crippen LogP contribution < -0.4 is 10.1 Å². The number of aryl methyl sites for hydroxylation is 2. The van der Waals surface area contributed by atoms with E-state index >= 15 is 0 Å². The molecular formula is C16H18F2N2O. The molecule has 2 rings (SSSR count). The molecule has 1 aromatic carbocycles. The molecule has 0 radical (unpaired) electrons. The lowest BCUT2D eigenvalue weighted by Crippen LogP contribution is -2.05. The maximum Gasteiger partial charge on any atom is 0.258 e. The van der Waals surface area contributed by atoms with Crippen molar-refractivity contribution >= 4 is 5.82 Å². The van der Waals surface area contributed by atoms with E-state index < -0.39 is 11.6 Å². The third-order valence-corrected chi connectivity index (χ3v) is 3.21. The van der Waals surface area contributed by atoms with Crippen LogP contribution in [0.3, 0.4) is 0 Å². The molecular weight excluding hydrogens is 274 g/mol. The van der Waals surface area contributed by atoms with Gasteiger partial charge in [-0.2, -0.15) is 4.98 Å². The van der Waals surface area contributed by atoms with Crippen molar-refractivity contribution in [3.63, 3.8) is 0 Å². The number of rotatable bonds is 4. The van der Waals surface area contributed by atoms with E-state index in [4.69, 9.17) is 4.74 Å². The summed E-state index contributed by atoms with van der Waals surface area (Å²) in [6.07, 6.45) is 0. The number of halogens is 2. The molecule has 1 aromatic heterocycles. The fraction of sp³-hybridized carbons (Fsp3) is 0.312. The first kappa shape index (κ1) is 15.2. The summed E-state index contributed by atoms with van der Waals surface area (Å²) >= 11 is 0. The predicted molar refractivity (Wildman–Crippen MR) is 79.0 cm³/mol. The minimum atomic E-state index is -0.826. The van der Waals surface area contributed by atoms with Crippen LogP contribution in [0.4, 0.5) is 14.6 Å². The first-order chi connectivity index (χ1) is 9.92. The van der Waals surface area contributed by atoms with Crippen LogP contribution in [0.25, 0.3) is 0 Å². The summed E-state index contributed by atoms with van der Waals surface area (Å²) in [5.41, 5.74) is 2.94. The van der Waals surface area contributed by atoms with Crippen molar-refractivity contribution in [2.75, 3.05) is 11.9 Å². The Hall–Kier alpha value is -2.17. The molecule has 0 saturated carbocycles. The van der Waals surface area contributed by atoms with Gasteiger partial charge in [-0.15, -0.1) is 0 Å². The SMILES string of the molecule is CCNc1nc(Oc2cc(C)cc(C)c2C)c(F)cc1F. The molecule has 0 atom stereocenters. The van der Waals surface area contributed by atoms with Crippen LogP contribution in [0.15, 0.2) is 18.2 Å². The Morgan fingerprint density at radius 3 is 2.48 bits per heavy atom. The molecule has 0 bridgehead atoms. The lowest BCUT2D eigenvalue weighted by Gasteiger charge is -2.13. The van der Waals surface area contributed by atoms with Gasteiger partial charge >= 0.3 is 0 Å². The lowest BCUT2D eigenvalue weighted by molar-refractivity contribution is 0.415. The van der Waals surface area contributed by atoms with Gasteiger partial charge in [0.2, 0.25) is 0 Å². The van der Waals surface area contributed by atoms with E-state index in [0.29, 0.717) is 12.3 Å². The number of nitrogens with one attached hydrogen (secondary N) is 1. The second kappa shape index (κ2) is 6.08. The summed E-state index contributed by atoms with van der Waals surface area (Å²) in [6.45, 7) is 8.05. The van der Waals surface area contributed by atoms with Crippen molar-refractivity contribution in [3.05, 3.63) is 46.5 Å². The number of hydrogen-bond donors (Lipinski definition) is 1. The van der Waals surface area contributed by atoms with E-state index in [1.165, 1.54) is 0 Å². The molecule has 0 fully saturated rings. The zero-order valence-corrected chi connectivity index (χ0v) is 12.6. The summed E-state index contributed by atoms with van der Waals surface area (Å²) in [6, 6.07) is 4.60. The summed E-state index contributed by atoms with van der Waals surface area (Å²) < 4.78 is 32.9. The Bertz CT molecular complexity index is 672. The third-order valence-electron chi connectivity index (χ3n) is 3.21. The molecule has 0 saturated heterocycles. The van der Waals surface area contributed by atoms with E-state index in [-0.39, 0.29) is 11.7 Å². The second-order valence-corrected chi connectivity index (χ2v) is 4.94. The Morgan fingerprint density at radius 2 is 1.81 bits per heavy atom. The average Bonchev–Trinajstić information content (AvgIpc) is 2.41. The molecule has 2 aromatic rings. The quantitative estimate of drug-likeness (QED) is 0.900. The molecule has 21 heavy (non-hydrogen) atoms. The zero-order valence-electron chi connectivity index (χ0n) is 12.6. The van der Waals surface area contributed by atoms with Crippen LogP contribution in [0.5, 0.6) is 11.6 Å². The molecule has 0 amide bonds. The summed E-state index contributed by atoms with van der Waals surface area (Å²) in [5.74, 6) is -1.30. The van der Waals surface area contributed by atoms with Crippen LogP contribution in [0, 0.1) is 32.4 Å². The Balaban J connectivity index is 2.42. The fourth-order valence-electron chi connectivity index (χ4n) is 2.02. The number of anilines is 1. The molecule has 0 aliphatic heterocycles. The zero-order chi connectivity index (χ0) is 15.6. The maximum absolute atomic E-state index is 13.8. The number of hydrogen-bond acceptors (Lipinski definition) is 3. The molecule has 0 spiro atoms. The van der Waals surface area contributed by atoms with E-state index in [1.807, 2.05) is 26.8 Å². The van der Waals surface area contributed by atoms with Gasteiger partial charge < -0.3 is 10.1 Å². The molecule has 3 nitrogen and oxygen atoms in total. The number of nitrogens with zero attached hydrogens (tertiary/aromatic N) is 1. The van der Waals surface area contributed by atoms with Crippen molar-refractivity contribution in [1.29, 1.82) is 0 Å². The minimum absolute atomic E-state index is 0.0177. The molecule has 112 valence electrons. The van der Waals surface area contributed by atoms with Crippen molar-refractivity contribution in [1.82, 2.24) is 4.98 Å². The molecule has 0 aliphatic carbocycles. The van der Waals surface area contributed by atoms with Crippen LogP contribution in [-0.4, -0.2) is 11.5 Å². The smallest absolute Gasteiger partial charge is 0.258 e. The van der Waals surface area contributed by atoms with Crippen LogP contribution >= 0.6 is 0 Å². The van der Waals surface area contributed by atoms with Crippen molar-refractivity contribution in [2.24, 2.45) is 0 Å². The van der Waals surface area contributed by atoms with E-state index in [9.17, 15) is 8.78 Å². The van der Waals surface area contributed by atoms with Crippen molar-refractivity contribution in [2.45, 2.75) is 27.7 Å². The lowest BCUT2D eigenvalue weighted by atomic mass is 10.1. The number of ether oxygens (including phenoxy) is 1. The third kappa shape index (κ3) is 3.29. The molecule has 0 unspecified atom stereocenters. The van der Waals surface area contributed by atoms with E-state index in [0.717, 1.165) is 22.8 Å². The van der Waals surface area contributed by atoms with Crippen LogP contribution in [-0.2, 0) is 0 Å². The molecule has 0 aliphatic rings. The van der Waals surface area contributed by atoms with Crippen LogP contribution in [0.2, 0.25) is 0 Å². The van der Waals surface area contributed by atoms with Gasteiger partial charge in [0.05, 0.1) is 0 Å². The number of benzene rings is 1. The first-order valence-corrected chi connectivity index (χ1v) is 6.78. The largest absolute Gasteiger partial charge is 0.436 e. The summed E-state index contributed by atoms with van der Waals surface area (Å²) in [7, 11) is 0. The Kier molecular flexibility index (Phi) is 4.40. The van der Waals surface area contributed by atoms with Gasteiger partial charge in [0, 0.05) is 12.6 Å². The highest BCUT2D eigenvalue weighted by molar-refractivity contribution is 5.45. The predicted octanol–water partition coefficient (Wildman–Crippen LogP) is 4.51. The maximum atomic E-state index is 13.8. The summed E-state index contributed by atoms with van der Waals surface area (Å²) in [4.78, 5) is 3.87. The number of pyridine rings is 1. The Labute approximate surface area is 123 Å². The number of aromatic nitrogens is 1. The fourth-order valence-corrected chi connectivity index (χ4v) is 2.02. The van der Waals surface area contributed by atoms with Gasteiger partial charge in [-0.1, -0.05) is 6.07 Å². The van der Waals surface area contributed by atoms with Gasteiger partial charge in [0.25, 0.3) is 5.88 Å². The highest BCUT2D eigenvalue weighted by atomic mass is 19.1. The van der Waals surface area contributed by atoms with E-state index in [2.05, 4.69) is 10.3 Å². The monoisotopic (exact) mass is 292 g/mol. The topological polar surface area (TPSA) is 34.2 Å². The normalized spacial score (nSPS) is 10.6. The van der Waals surface area contributed by atoms with Gasteiger partial charge in [-0.25, -0.2) is 8.78 Å². The standard InChI is InChI=1S/C16H18F2N2O/c1-5-19-15-12(17)8-13(18)16(20-15)21-14-7-9(2)6-10(3)11(14)4/h6-8H,5H2,1-4H3,(H,19,20). The highest BCUT2D eigenvalue weighted by Gasteiger charge is 2.15. The molecule has 1 N–H and O–H groups in total.